The molecule has 1 saturated heterocycles. The average molecular weight is 213 g/mol. The van der Waals surface area contributed by atoms with E-state index in [1.807, 2.05) is 13.8 Å². The average Bonchev–Trinajstić information content (AvgIpc) is 2.17. The highest BCUT2D eigenvalue weighted by molar-refractivity contribution is 5.74. The van der Waals surface area contributed by atoms with E-state index in [0.29, 0.717) is 6.04 Å². The van der Waals surface area contributed by atoms with Crippen molar-refractivity contribution in [1.29, 1.82) is 0 Å². The molecule has 1 aliphatic heterocycles. The van der Waals surface area contributed by atoms with Crippen molar-refractivity contribution in [3.63, 3.8) is 0 Å². The molecular formula is C12H23NO2. The predicted octanol–water partition coefficient (Wildman–Crippen LogP) is 2.22. The zero-order valence-electron chi connectivity index (χ0n) is 10.3. The Balaban J connectivity index is 2.67. The highest BCUT2D eigenvalue weighted by atomic mass is 16.4. The molecule has 0 spiro atoms. The van der Waals surface area contributed by atoms with Gasteiger partial charge in [0.25, 0.3) is 0 Å². The zero-order chi connectivity index (χ0) is 11.6. The third-order valence-electron chi connectivity index (χ3n) is 3.75. The van der Waals surface area contributed by atoms with Crippen LogP contribution in [0.4, 0.5) is 0 Å². The Labute approximate surface area is 92.5 Å². The molecule has 3 nitrogen and oxygen atoms in total. The summed E-state index contributed by atoms with van der Waals surface area (Å²) in [6.45, 7) is 10.1. The second-order valence-electron chi connectivity index (χ2n) is 5.45. The molecule has 1 fully saturated rings. The minimum atomic E-state index is -0.668. The van der Waals surface area contributed by atoms with Crippen LogP contribution in [0.5, 0.6) is 0 Å². The third-order valence-corrected chi connectivity index (χ3v) is 3.75. The SMILES string of the molecule is CC(C)N1CCCC(C(C)(C)C(=O)O)C1. The second kappa shape index (κ2) is 4.52. The van der Waals surface area contributed by atoms with Crippen LogP contribution in [-0.2, 0) is 4.79 Å². The van der Waals surface area contributed by atoms with Crippen molar-refractivity contribution in [2.45, 2.75) is 46.6 Å². The molecule has 1 atom stereocenters. The number of rotatable bonds is 3. The van der Waals surface area contributed by atoms with Crippen molar-refractivity contribution >= 4 is 5.97 Å². The molecule has 3 heteroatoms. The first kappa shape index (κ1) is 12.5. The topological polar surface area (TPSA) is 40.5 Å². The van der Waals surface area contributed by atoms with Crippen LogP contribution in [0.25, 0.3) is 0 Å². The van der Waals surface area contributed by atoms with Crippen molar-refractivity contribution in [3.05, 3.63) is 0 Å². The molecule has 0 amide bonds. The van der Waals surface area contributed by atoms with Crippen LogP contribution in [0.2, 0.25) is 0 Å². The van der Waals surface area contributed by atoms with Gasteiger partial charge in [-0.1, -0.05) is 0 Å². The van der Waals surface area contributed by atoms with Crippen LogP contribution < -0.4 is 0 Å². The van der Waals surface area contributed by atoms with Crippen LogP contribution in [0.15, 0.2) is 0 Å². The number of hydrogen-bond acceptors (Lipinski definition) is 2. The van der Waals surface area contributed by atoms with E-state index in [1.165, 1.54) is 0 Å². The third kappa shape index (κ3) is 2.71. The van der Waals surface area contributed by atoms with E-state index < -0.39 is 11.4 Å². The van der Waals surface area contributed by atoms with Gasteiger partial charge in [0.05, 0.1) is 5.41 Å². The zero-order valence-corrected chi connectivity index (χ0v) is 10.3. The minimum absolute atomic E-state index is 0.283. The van der Waals surface area contributed by atoms with Crippen LogP contribution in [0, 0.1) is 11.3 Å². The predicted molar refractivity (Wildman–Crippen MR) is 60.8 cm³/mol. The molecule has 0 bridgehead atoms. The standard InChI is InChI=1S/C12H23NO2/c1-9(2)13-7-5-6-10(8-13)12(3,4)11(14)15/h9-10H,5-8H2,1-4H3,(H,14,15). The number of carboxylic acids is 1. The lowest BCUT2D eigenvalue weighted by molar-refractivity contribution is -0.151. The number of aliphatic carboxylic acids is 1. The van der Waals surface area contributed by atoms with Gasteiger partial charge >= 0.3 is 5.97 Å². The summed E-state index contributed by atoms with van der Waals surface area (Å²) < 4.78 is 0. The number of likely N-dealkylation sites (tertiary alicyclic amines) is 1. The number of nitrogens with zero attached hydrogens (tertiary/aromatic N) is 1. The fourth-order valence-corrected chi connectivity index (χ4v) is 2.24. The molecule has 0 aromatic carbocycles. The van der Waals surface area contributed by atoms with Gasteiger partial charge in [-0.05, 0) is 53.0 Å². The van der Waals surface area contributed by atoms with E-state index in [0.717, 1.165) is 25.9 Å². The molecule has 0 radical (unpaired) electrons. The first-order valence-electron chi connectivity index (χ1n) is 5.83. The van der Waals surface area contributed by atoms with E-state index in [1.54, 1.807) is 0 Å². The quantitative estimate of drug-likeness (QED) is 0.781. The fourth-order valence-electron chi connectivity index (χ4n) is 2.24. The number of piperidine rings is 1. The number of carbonyl (C=O) groups is 1. The lowest BCUT2D eigenvalue weighted by atomic mass is 9.74. The van der Waals surface area contributed by atoms with Gasteiger partial charge in [0.1, 0.15) is 0 Å². The molecule has 0 aromatic heterocycles. The molecule has 0 aromatic rings. The molecule has 1 unspecified atom stereocenters. The highest BCUT2D eigenvalue weighted by Crippen LogP contribution is 2.34. The summed E-state index contributed by atoms with van der Waals surface area (Å²) in [6.07, 6.45) is 2.17. The minimum Gasteiger partial charge on any atom is -0.481 e. The molecule has 0 aliphatic carbocycles. The summed E-state index contributed by atoms with van der Waals surface area (Å²) in [4.78, 5) is 13.6. The summed E-state index contributed by atoms with van der Waals surface area (Å²) in [5.74, 6) is -0.385. The van der Waals surface area contributed by atoms with E-state index >= 15 is 0 Å². The van der Waals surface area contributed by atoms with Gasteiger partial charge in [-0.25, -0.2) is 0 Å². The van der Waals surface area contributed by atoms with Crippen molar-refractivity contribution in [1.82, 2.24) is 4.90 Å². The number of carboxylic acid groups (broad SMARTS) is 1. The summed E-state index contributed by atoms with van der Waals surface area (Å²) >= 11 is 0. The smallest absolute Gasteiger partial charge is 0.309 e. The molecule has 0 saturated carbocycles. The van der Waals surface area contributed by atoms with E-state index in [2.05, 4.69) is 18.7 Å². The molecule has 15 heavy (non-hydrogen) atoms. The maximum atomic E-state index is 11.2. The molecular weight excluding hydrogens is 190 g/mol. The second-order valence-corrected chi connectivity index (χ2v) is 5.45. The van der Waals surface area contributed by atoms with Gasteiger partial charge in [0.15, 0.2) is 0 Å². The van der Waals surface area contributed by atoms with Crippen LogP contribution >= 0.6 is 0 Å². The Morgan fingerprint density at radius 2 is 2.07 bits per heavy atom. The number of hydrogen-bond donors (Lipinski definition) is 1. The Hall–Kier alpha value is -0.570. The Bertz CT molecular complexity index is 236. The lowest BCUT2D eigenvalue weighted by Crippen LogP contribution is -2.46. The summed E-state index contributed by atoms with van der Waals surface area (Å²) in [6, 6.07) is 0.525. The first-order chi connectivity index (χ1) is 6.85. The van der Waals surface area contributed by atoms with Crippen molar-refractivity contribution < 1.29 is 9.90 Å². The summed E-state index contributed by atoms with van der Waals surface area (Å²) in [7, 11) is 0. The summed E-state index contributed by atoms with van der Waals surface area (Å²) in [5, 5.41) is 9.20. The van der Waals surface area contributed by atoms with Crippen LogP contribution in [-0.4, -0.2) is 35.1 Å². The van der Waals surface area contributed by atoms with E-state index in [9.17, 15) is 9.90 Å². The maximum absolute atomic E-state index is 11.2. The highest BCUT2D eigenvalue weighted by Gasteiger charge is 2.39. The van der Waals surface area contributed by atoms with Gasteiger partial charge < -0.3 is 10.0 Å². The van der Waals surface area contributed by atoms with E-state index in [-0.39, 0.29) is 5.92 Å². The maximum Gasteiger partial charge on any atom is 0.309 e. The molecule has 88 valence electrons. The van der Waals surface area contributed by atoms with Gasteiger partial charge in [0.2, 0.25) is 0 Å². The molecule has 1 heterocycles. The Kier molecular flexibility index (Phi) is 3.77. The van der Waals surface area contributed by atoms with Gasteiger partial charge in [-0.2, -0.15) is 0 Å². The summed E-state index contributed by atoms with van der Waals surface area (Å²) in [5.41, 5.74) is -0.590. The Morgan fingerprint density at radius 3 is 2.53 bits per heavy atom. The van der Waals surface area contributed by atoms with Crippen molar-refractivity contribution in [3.8, 4) is 0 Å². The van der Waals surface area contributed by atoms with E-state index in [4.69, 9.17) is 0 Å². The van der Waals surface area contributed by atoms with Crippen LogP contribution in [0.3, 0.4) is 0 Å². The molecule has 1 N–H and O–H groups in total. The fraction of sp³-hybridized carbons (Fsp3) is 0.917. The Morgan fingerprint density at radius 1 is 1.47 bits per heavy atom. The van der Waals surface area contributed by atoms with Gasteiger partial charge in [-0.3, -0.25) is 4.79 Å². The normalized spacial score (nSPS) is 24.5. The van der Waals surface area contributed by atoms with Crippen molar-refractivity contribution in [2.75, 3.05) is 13.1 Å². The van der Waals surface area contributed by atoms with Crippen LogP contribution in [0.1, 0.15) is 40.5 Å². The van der Waals surface area contributed by atoms with Gasteiger partial charge in [0, 0.05) is 12.6 Å². The lowest BCUT2D eigenvalue weighted by Gasteiger charge is -2.41. The largest absolute Gasteiger partial charge is 0.481 e. The molecule has 1 rings (SSSR count). The monoisotopic (exact) mass is 213 g/mol. The van der Waals surface area contributed by atoms with Gasteiger partial charge in [-0.15, -0.1) is 0 Å². The first-order valence-corrected chi connectivity index (χ1v) is 5.83. The van der Waals surface area contributed by atoms with Crippen molar-refractivity contribution in [2.24, 2.45) is 11.3 Å². The molecule has 1 aliphatic rings.